The number of benzene rings is 1. The van der Waals surface area contributed by atoms with E-state index >= 15 is 0 Å². The quantitative estimate of drug-likeness (QED) is 0.644. The lowest BCUT2D eigenvalue weighted by atomic mass is 9.97. The molecule has 0 atom stereocenters. The molecule has 21 heavy (non-hydrogen) atoms. The molecule has 0 aliphatic rings. The van der Waals surface area contributed by atoms with Gasteiger partial charge in [0.05, 0.1) is 6.61 Å². The van der Waals surface area contributed by atoms with E-state index in [9.17, 15) is 4.79 Å². The zero-order valence-corrected chi connectivity index (χ0v) is 13.1. The fraction of sp³-hybridized carbons (Fsp3) is 0.588. The third kappa shape index (κ3) is 9.08. The first kappa shape index (κ1) is 17.5. The first-order valence-electron chi connectivity index (χ1n) is 7.62. The minimum absolute atomic E-state index is 0.347. The fourth-order valence-corrected chi connectivity index (χ4v) is 2.24. The van der Waals surface area contributed by atoms with Gasteiger partial charge in [-0.15, -0.1) is 0 Å². The highest BCUT2D eigenvalue weighted by Gasteiger charge is 2.18. The second-order valence-corrected chi connectivity index (χ2v) is 5.97. The summed E-state index contributed by atoms with van der Waals surface area (Å²) >= 11 is 0. The summed E-state index contributed by atoms with van der Waals surface area (Å²) in [4.78, 5) is 10.6. The van der Waals surface area contributed by atoms with Crippen molar-refractivity contribution < 1.29 is 14.6 Å². The number of hydrogen-bond acceptors (Lipinski definition) is 2. The minimum atomic E-state index is -0.954. The molecule has 0 saturated heterocycles. The number of carboxylic acid groups (broad SMARTS) is 1. The SMILES string of the molecule is CC(C)(CCCCCOCCc1ccccc1)NC(=O)O. The van der Waals surface area contributed by atoms with Crippen molar-refractivity contribution in [2.24, 2.45) is 0 Å². The van der Waals surface area contributed by atoms with Crippen molar-refractivity contribution in [2.75, 3.05) is 13.2 Å². The van der Waals surface area contributed by atoms with Gasteiger partial charge in [-0.2, -0.15) is 0 Å². The van der Waals surface area contributed by atoms with Gasteiger partial charge in [0.1, 0.15) is 0 Å². The van der Waals surface area contributed by atoms with Crippen LogP contribution >= 0.6 is 0 Å². The van der Waals surface area contributed by atoms with E-state index in [1.165, 1.54) is 5.56 Å². The molecule has 2 N–H and O–H groups in total. The third-order valence-electron chi connectivity index (χ3n) is 3.41. The Morgan fingerprint density at radius 2 is 1.86 bits per heavy atom. The molecular formula is C17H27NO3. The van der Waals surface area contributed by atoms with Gasteiger partial charge in [-0.05, 0) is 38.7 Å². The Morgan fingerprint density at radius 3 is 2.52 bits per heavy atom. The van der Waals surface area contributed by atoms with Gasteiger partial charge in [-0.3, -0.25) is 0 Å². The summed E-state index contributed by atoms with van der Waals surface area (Å²) in [7, 11) is 0. The predicted molar refractivity (Wildman–Crippen MR) is 84.7 cm³/mol. The average molecular weight is 293 g/mol. The van der Waals surface area contributed by atoms with E-state index in [1.807, 2.05) is 32.0 Å². The summed E-state index contributed by atoms with van der Waals surface area (Å²) in [5.41, 5.74) is 0.957. The molecule has 1 aromatic rings. The molecule has 0 aromatic heterocycles. The first-order chi connectivity index (χ1) is 9.99. The van der Waals surface area contributed by atoms with E-state index < -0.39 is 6.09 Å². The molecule has 0 heterocycles. The van der Waals surface area contributed by atoms with E-state index in [0.29, 0.717) is 0 Å². The van der Waals surface area contributed by atoms with Crippen molar-refractivity contribution in [1.29, 1.82) is 0 Å². The Labute approximate surface area is 127 Å². The van der Waals surface area contributed by atoms with Crippen LogP contribution in [0, 0.1) is 0 Å². The first-order valence-corrected chi connectivity index (χ1v) is 7.62. The van der Waals surface area contributed by atoms with Gasteiger partial charge in [0.25, 0.3) is 0 Å². The number of ether oxygens (including phenoxy) is 1. The van der Waals surface area contributed by atoms with Gasteiger partial charge in [-0.25, -0.2) is 4.79 Å². The second-order valence-electron chi connectivity index (χ2n) is 5.97. The minimum Gasteiger partial charge on any atom is -0.465 e. The van der Waals surface area contributed by atoms with Crippen molar-refractivity contribution in [3.05, 3.63) is 35.9 Å². The molecular weight excluding hydrogens is 266 g/mol. The summed E-state index contributed by atoms with van der Waals surface area (Å²) in [5.74, 6) is 0. The highest BCUT2D eigenvalue weighted by atomic mass is 16.5. The van der Waals surface area contributed by atoms with Crippen molar-refractivity contribution in [3.8, 4) is 0 Å². The lowest BCUT2D eigenvalue weighted by Gasteiger charge is -2.24. The Bertz CT molecular complexity index is 404. The van der Waals surface area contributed by atoms with Gasteiger partial charge >= 0.3 is 6.09 Å². The van der Waals surface area contributed by atoms with E-state index in [1.54, 1.807) is 0 Å². The highest BCUT2D eigenvalue weighted by Crippen LogP contribution is 2.13. The van der Waals surface area contributed by atoms with E-state index in [0.717, 1.165) is 45.3 Å². The molecule has 0 aliphatic heterocycles. The molecule has 0 saturated carbocycles. The number of carbonyl (C=O) groups is 1. The Morgan fingerprint density at radius 1 is 1.14 bits per heavy atom. The highest BCUT2D eigenvalue weighted by molar-refractivity contribution is 5.65. The molecule has 1 rings (SSSR count). The van der Waals surface area contributed by atoms with Crippen molar-refractivity contribution in [2.45, 2.75) is 51.5 Å². The van der Waals surface area contributed by atoms with E-state index in [-0.39, 0.29) is 5.54 Å². The standard InChI is InChI=1S/C17H27NO3/c1-17(2,18-16(19)20)12-7-4-8-13-21-14-11-15-9-5-3-6-10-15/h3,5-6,9-10,18H,4,7-8,11-14H2,1-2H3,(H,19,20). The molecule has 0 unspecified atom stereocenters. The molecule has 118 valence electrons. The van der Waals surface area contributed by atoms with Crippen LogP contribution in [-0.2, 0) is 11.2 Å². The smallest absolute Gasteiger partial charge is 0.405 e. The zero-order valence-electron chi connectivity index (χ0n) is 13.1. The van der Waals surface area contributed by atoms with Crippen molar-refractivity contribution in [1.82, 2.24) is 5.32 Å². The Balaban J connectivity index is 1.96. The van der Waals surface area contributed by atoms with Gasteiger partial charge < -0.3 is 15.2 Å². The predicted octanol–water partition coefficient (Wildman–Crippen LogP) is 3.85. The van der Waals surface area contributed by atoms with Crippen LogP contribution in [0.25, 0.3) is 0 Å². The average Bonchev–Trinajstić information content (AvgIpc) is 2.41. The molecule has 1 amide bonds. The van der Waals surface area contributed by atoms with Crippen LogP contribution in [-0.4, -0.2) is 30.0 Å². The summed E-state index contributed by atoms with van der Waals surface area (Å²) in [5, 5.41) is 11.2. The van der Waals surface area contributed by atoms with Crippen LogP contribution in [0.5, 0.6) is 0 Å². The summed E-state index contributed by atoms with van der Waals surface area (Å²) in [6.45, 7) is 5.37. The molecule has 0 fully saturated rings. The normalized spacial score (nSPS) is 11.3. The van der Waals surface area contributed by atoms with Crippen molar-refractivity contribution in [3.63, 3.8) is 0 Å². The van der Waals surface area contributed by atoms with Gasteiger partial charge in [0.15, 0.2) is 0 Å². The van der Waals surface area contributed by atoms with Crippen LogP contribution in [0.2, 0.25) is 0 Å². The number of nitrogens with one attached hydrogen (secondary N) is 1. The molecule has 4 heteroatoms. The van der Waals surface area contributed by atoms with Crippen molar-refractivity contribution >= 4 is 6.09 Å². The molecule has 0 aliphatic carbocycles. The monoisotopic (exact) mass is 293 g/mol. The largest absolute Gasteiger partial charge is 0.465 e. The maximum absolute atomic E-state index is 10.6. The molecule has 0 spiro atoms. The lowest BCUT2D eigenvalue weighted by molar-refractivity contribution is 0.132. The zero-order chi connectivity index (χ0) is 15.6. The number of amides is 1. The molecule has 0 bridgehead atoms. The third-order valence-corrected chi connectivity index (χ3v) is 3.41. The van der Waals surface area contributed by atoms with Gasteiger partial charge in [0, 0.05) is 12.1 Å². The van der Waals surface area contributed by atoms with Crippen LogP contribution in [0.15, 0.2) is 30.3 Å². The summed E-state index contributed by atoms with van der Waals surface area (Å²) in [6.07, 6.45) is 3.95. The summed E-state index contributed by atoms with van der Waals surface area (Å²) in [6, 6.07) is 10.3. The topological polar surface area (TPSA) is 58.6 Å². The van der Waals surface area contributed by atoms with Gasteiger partial charge in [-0.1, -0.05) is 43.2 Å². The number of hydrogen-bond donors (Lipinski definition) is 2. The number of rotatable bonds is 10. The van der Waals surface area contributed by atoms with Crippen LogP contribution < -0.4 is 5.32 Å². The molecule has 4 nitrogen and oxygen atoms in total. The van der Waals surface area contributed by atoms with Crippen LogP contribution in [0.1, 0.15) is 45.1 Å². The maximum Gasteiger partial charge on any atom is 0.405 e. The molecule has 0 radical (unpaired) electrons. The van der Waals surface area contributed by atoms with Crippen LogP contribution in [0.3, 0.4) is 0 Å². The Kier molecular flexibility index (Phi) is 7.83. The molecule has 1 aromatic carbocycles. The maximum atomic E-state index is 10.6. The lowest BCUT2D eigenvalue weighted by Crippen LogP contribution is -2.42. The van der Waals surface area contributed by atoms with Crippen LogP contribution in [0.4, 0.5) is 4.79 Å². The summed E-state index contributed by atoms with van der Waals surface area (Å²) < 4.78 is 5.62. The fourth-order valence-electron chi connectivity index (χ4n) is 2.24. The second kappa shape index (κ2) is 9.40. The van der Waals surface area contributed by atoms with E-state index in [2.05, 4.69) is 17.4 Å². The van der Waals surface area contributed by atoms with Gasteiger partial charge in [0.2, 0.25) is 0 Å². The Hall–Kier alpha value is -1.55. The number of unbranched alkanes of at least 4 members (excludes halogenated alkanes) is 2. The van der Waals surface area contributed by atoms with E-state index in [4.69, 9.17) is 9.84 Å².